The fourth-order valence-corrected chi connectivity index (χ4v) is 3.24. The molecule has 0 aliphatic carbocycles. The number of carbonyl (C=O) groups is 1. The van der Waals surface area contributed by atoms with Gasteiger partial charge in [-0.1, -0.05) is 42.5 Å². The summed E-state index contributed by atoms with van der Waals surface area (Å²) in [6.07, 6.45) is 0. The van der Waals surface area contributed by atoms with Crippen LogP contribution in [-0.2, 0) is 0 Å². The first-order valence-electron chi connectivity index (χ1n) is 8.43. The van der Waals surface area contributed by atoms with E-state index in [1.54, 1.807) is 24.3 Å². The zero-order chi connectivity index (χ0) is 18.8. The van der Waals surface area contributed by atoms with Gasteiger partial charge in [0.15, 0.2) is 5.11 Å². The van der Waals surface area contributed by atoms with Crippen LogP contribution in [0.3, 0.4) is 0 Å². The maximum Gasteiger partial charge on any atom is 0.257 e. The van der Waals surface area contributed by atoms with Crippen LogP contribution in [0.4, 0.5) is 5.69 Å². The zero-order valence-corrected chi connectivity index (χ0v) is 15.1. The van der Waals surface area contributed by atoms with Gasteiger partial charge in [0.05, 0.1) is 0 Å². The van der Waals surface area contributed by atoms with Crippen molar-refractivity contribution in [2.75, 3.05) is 5.32 Å². The van der Waals surface area contributed by atoms with Crippen molar-refractivity contribution < 1.29 is 9.90 Å². The number of hydrogen-bond donors (Lipinski definition) is 3. The molecule has 0 heterocycles. The second-order valence-corrected chi connectivity index (χ2v) is 6.59. The van der Waals surface area contributed by atoms with Crippen LogP contribution in [0.1, 0.15) is 10.4 Å². The number of benzene rings is 4. The molecule has 0 spiro atoms. The molecule has 0 radical (unpaired) electrons. The molecular formula is C22H16N2O2S. The highest BCUT2D eigenvalue weighted by Gasteiger charge is 2.10. The fourth-order valence-electron chi connectivity index (χ4n) is 3.04. The highest BCUT2D eigenvalue weighted by molar-refractivity contribution is 7.80. The third-order valence-electron chi connectivity index (χ3n) is 4.35. The molecule has 0 aliphatic rings. The lowest BCUT2D eigenvalue weighted by atomic mass is 10.1. The van der Waals surface area contributed by atoms with Crippen molar-refractivity contribution in [3.63, 3.8) is 0 Å². The molecule has 0 aliphatic heterocycles. The van der Waals surface area contributed by atoms with Crippen molar-refractivity contribution in [1.82, 2.24) is 5.32 Å². The molecule has 0 aromatic heterocycles. The maximum absolute atomic E-state index is 12.5. The van der Waals surface area contributed by atoms with Gasteiger partial charge in [0.2, 0.25) is 0 Å². The summed E-state index contributed by atoms with van der Waals surface area (Å²) in [5.41, 5.74) is 1.30. The third kappa shape index (κ3) is 3.59. The van der Waals surface area contributed by atoms with Gasteiger partial charge in [-0.15, -0.1) is 0 Å². The summed E-state index contributed by atoms with van der Waals surface area (Å²) in [4.78, 5) is 12.5. The van der Waals surface area contributed by atoms with Crippen LogP contribution in [0.2, 0.25) is 0 Å². The molecule has 132 valence electrons. The molecule has 3 N–H and O–H groups in total. The highest BCUT2D eigenvalue weighted by Crippen LogP contribution is 2.26. The van der Waals surface area contributed by atoms with Gasteiger partial charge in [0.1, 0.15) is 5.75 Å². The molecule has 0 atom stereocenters. The predicted octanol–water partition coefficient (Wildman–Crippen LogP) is 4.83. The Hall–Kier alpha value is -3.44. The molecule has 0 fully saturated rings. The number of hydrogen-bond acceptors (Lipinski definition) is 3. The van der Waals surface area contributed by atoms with Crippen LogP contribution in [0, 0.1) is 0 Å². The first kappa shape index (κ1) is 17.0. The summed E-state index contributed by atoms with van der Waals surface area (Å²) < 4.78 is 0. The number of carbonyl (C=O) groups excluding carboxylic acids is 1. The van der Waals surface area contributed by atoms with Gasteiger partial charge < -0.3 is 10.4 Å². The Bertz CT molecular complexity index is 1190. The Morgan fingerprint density at radius 2 is 1.59 bits per heavy atom. The van der Waals surface area contributed by atoms with Crippen LogP contribution in [0.5, 0.6) is 5.75 Å². The lowest BCUT2D eigenvalue weighted by Gasteiger charge is -2.12. The number of anilines is 1. The van der Waals surface area contributed by atoms with Crippen LogP contribution in [0.15, 0.2) is 78.9 Å². The minimum absolute atomic E-state index is 0.201. The Balaban J connectivity index is 1.53. The Labute approximate surface area is 161 Å². The van der Waals surface area contributed by atoms with Crippen LogP contribution in [0.25, 0.3) is 21.5 Å². The van der Waals surface area contributed by atoms with Crippen molar-refractivity contribution >= 4 is 50.5 Å². The number of rotatable bonds is 2. The summed E-state index contributed by atoms with van der Waals surface area (Å²) in [7, 11) is 0. The Kier molecular flexibility index (Phi) is 4.44. The van der Waals surface area contributed by atoms with Crippen molar-refractivity contribution in [3.05, 3.63) is 84.4 Å². The van der Waals surface area contributed by atoms with Gasteiger partial charge in [-0.2, -0.15) is 0 Å². The third-order valence-corrected chi connectivity index (χ3v) is 4.56. The number of nitrogens with one attached hydrogen (secondary N) is 2. The zero-order valence-electron chi connectivity index (χ0n) is 14.3. The first-order valence-corrected chi connectivity index (χ1v) is 8.84. The molecule has 0 bridgehead atoms. The first-order chi connectivity index (χ1) is 13.1. The van der Waals surface area contributed by atoms with Gasteiger partial charge in [-0.3, -0.25) is 10.1 Å². The second-order valence-electron chi connectivity index (χ2n) is 6.18. The van der Waals surface area contributed by atoms with Crippen molar-refractivity contribution in [3.8, 4) is 5.75 Å². The van der Waals surface area contributed by atoms with E-state index in [2.05, 4.69) is 10.6 Å². The van der Waals surface area contributed by atoms with E-state index in [9.17, 15) is 9.90 Å². The van der Waals surface area contributed by atoms with E-state index >= 15 is 0 Å². The van der Waals surface area contributed by atoms with Gasteiger partial charge in [-0.25, -0.2) is 0 Å². The number of fused-ring (bicyclic) bond motifs is 2. The molecule has 4 aromatic carbocycles. The van der Waals surface area contributed by atoms with E-state index in [1.165, 1.54) is 0 Å². The van der Waals surface area contributed by atoms with Crippen LogP contribution < -0.4 is 10.6 Å². The average molecular weight is 372 g/mol. The van der Waals surface area contributed by atoms with E-state index in [1.807, 2.05) is 54.6 Å². The summed E-state index contributed by atoms with van der Waals surface area (Å²) in [5, 5.41) is 19.5. The van der Waals surface area contributed by atoms with Gasteiger partial charge in [0, 0.05) is 16.6 Å². The molecule has 4 nitrogen and oxygen atoms in total. The second kappa shape index (κ2) is 7.05. The van der Waals surface area contributed by atoms with Crippen LogP contribution >= 0.6 is 12.2 Å². The summed E-state index contributed by atoms with van der Waals surface area (Å²) in [5.74, 6) is -0.0667. The molecule has 0 saturated carbocycles. The molecule has 0 saturated heterocycles. The quantitative estimate of drug-likeness (QED) is 0.441. The van der Waals surface area contributed by atoms with Gasteiger partial charge >= 0.3 is 0 Å². The lowest BCUT2D eigenvalue weighted by molar-refractivity contribution is 0.0978. The lowest BCUT2D eigenvalue weighted by Crippen LogP contribution is -2.34. The smallest absolute Gasteiger partial charge is 0.257 e. The van der Waals surface area contributed by atoms with E-state index in [4.69, 9.17) is 12.2 Å². The van der Waals surface area contributed by atoms with Crippen LogP contribution in [-0.4, -0.2) is 16.1 Å². The number of amides is 1. The molecule has 4 aromatic rings. The number of phenols is 1. The number of thiocarbonyl (C=S) groups is 1. The topological polar surface area (TPSA) is 61.4 Å². The summed E-state index contributed by atoms with van der Waals surface area (Å²) in [6.45, 7) is 0. The minimum Gasteiger partial charge on any atom is -0.508 e. The van der Waals surface area contributed by atoms with E-state index in [0.29, 0.717) is 5.56 Å². The van der Waals surface area contributed by atoms with Gasteiger partial charge in [-0.05, 0) is 64.8 Å². The maximum atomic E-state index is 12.5. The molecule has 0 unspecified atom stereocenters. The van der Waals surface area contributed by atoms with Crippen molar-refractivity contribution in [2.45, 2.75) is 0 Å². The van der Waals surface area contributed by atoms with E-state index < -0.39 is 0 Å². The normalized spacial score (nSPS) is 10.7. The summed E-state index contributed by atoms with van der Waals surface area (Å²) in [6, 6.07) is 24.1. The highest BCUT2D eigenvalue weighted by atomic mass is 32.1. The number of phenolic OH excluding ortho intramolecular Hbond substituents is 1. The van der Waals surface area contributed by atoms with E-state index in [-0.39, 0.29) is 16.8 Å². The standard InChI is InChI=1S/C22H16N2O2S/c25-18-10-11-19-16(13-18)6-3-7-20(19)23-22(27)24-21(26)17-9-8-14-4-1-2-5-15(14)12-17/h1-13,25H,(H2,23,24,26,27). The predicted molar refractivity (Wildman–Crippen MR) is 113 cm³/mol. The Morgan fingerprint density at radius 3 is 2.44 bits per heavy atom. The van der Waals surface area contributed by atoms with Gasteiger partial charge in [0.25, 0.3) is 5.91 Å². The molecule has 4 rings (SSSR count). The van der Waals surface area contributed by atoms with E-state index in [0.717, 1.165) is 27.2 Å². The Morgan fingerprint density at radius 1 is 0.815 bits per heavy atom. The monoisotopic (exact) mass is 372 g/mol. The number of aromatic hydroxyl groups is 1. The SMILES string of the molecule is O=C(NC(=S)Nc1cccc2cc(O)ccc12)c1ccc2ccccc2c1. The fraction of sp³-hybridized carbons (Fsp3) is 0. The molecular weight excluding hydrogens is 356 g/mol. The average Bonchev–Trinajstić information content (AvgIpc) is 2.67. The minimum atomic E-state index is -0.267. The molecule has 27 heavy (non-hydrogen) atoms. The largest absolute Gasteiger partial charge is 0.508 e. The molecule has 1 amide bonds. The van der Waals surface area contributed by atoms with Crippen molar-refractivity contribution in [2.24, 2.45) is 0 Å². The summed E-state index contributed by atoms with van der Waals surface area (Å²) >= 11 is 5.30. The van der Waals surface area contributed by atoms with Crippen molar-refractivity contribution in [1.29, 1.82) is 0 Å². The molecule has 5 heteroatoms.